The number of fused-ring (bicyclic) bond motifs is 1. The Labute approximate surface area is 157 Å². The third-order valence-electron chi connectivity index (χ3n) is 4.07. The average Bonchev–Trinajstić information content (AvgIpc) is 3.10. The van der Waals surface area contributed by atoms with E-state index in [1.165, 1.54) is 24.5 Å². The molecule has 138 valence electrons. The predicted octanol–water partition coefficient (Wildman–Crippen LogP) is 4.73. The quantitative estimate of drug-likeness (QED) is 0.697. The highest BCUT2D eigenvalue weighted by Gasteiger charge is 2.25. The van der Waals surface area contributed by atoms with Crippen molar-refractivity contribution >= 4 is 23.2 Å². The molecule has 0 fully saturated rings. The van der Waals surface area contributed by atoms with Gasteiger partial charge < -0.3 is 10.1 Å². The summed E-state index contributed by atoms with van der Waals surface area (Å²) in [5, 5.41) is 7.50. The first-order valence-electron chi connectivity index (χ1n) is 7.90. The molecule has 0 radical (unpaired) electrons. The molecule has 2 aromatic carbocycles. The number of anilines is 1. The predicted molar refractivity (Wildman–Crippen MR) is 94.2 cm³/mol. The fourth-order valence-corrected chi connectivity index (χ4v) is 3.06. The molecular formula is C18H12ClF3N4O. The van der Waals surface area contributed by atoms with Crippen molar-refractivity contribution in [1.82, 2.24) is 14.8 Å². The van der Waals surface area contributed by atoms with Gasteiger partial charge in [-0.2, -0.15) is 18.9 Å². The van der Waals surface area contributed by atoms with Crippen molar-refractivity contribution in [3.8, 4) is 5.75 Å². The van der Waals surface area contributed by atoms with Crippen LogP contribution in [0.15, 0.2) is 54.9 Å². The second-order valence-electron chi connectivity index (χ2n) is 5.75. The number of hydrogen-bond acceptors (Lipinski definition) is 4. The van der Waals surface area contributed by atoms with Crippen molar-refractivity contribution in [1.29, 1.82) is 0 Å². The zero-order valence-electron chi connectivity index (χ0n) is 13.6. The first kappa shape index (κ1) is 17.4. The Balaban J connectivity index is 1.81. The van der Waals surface area contributed by atoms with Crippen LogP contribution in [0.1, 0.15) is 17.2 Å². The molecule has 1 aliphatic rings. The van der Waals surface area contributed by atoms with E-state index in [0.717, 1.165) is 5.56 Å². The van der Waals surface area contributed by atoms with Crippen LogP contribution < -0.4 is 10.1 Å². The van der Waals surface area contributed by atoms with Gasteiger partial charge in [-0.3, -0.25) is 0 Å². The summed E-state index contributed by atoms with van der Waals surface area (Å²) >= 11 is 5.92. The molecule has 27 heavy (non-hydrogen) atoms. The Hall–Kier alpha value is -3.00. The third-order valence-corrected chi connectivity index (χ3v) is 4.30. The molecule has 9 heteroatoms. The minimum Gasteiger partial charge on any atom is -0.434 e. The summed E-state index contributed by atoms with van der Waals surface area (Å²) < 4.78 is 45.1. The lowest BCUT2D eigenvalue weighted by Gasteiger charge is -2.25. The molecule has 1 unspecified atom stereocenters. The Kier molecular flexibility index (Phi) is 4.49. The molecule has 1 atom stereocenters. The van der Waals surface area contributed by atoms with Crippen LogP contribution in [0.3, 0.4) is 0 Å². The van der Waals surface area contributed by atoms with Crippen LogP contribution in [0, 0.1) is 5.82 Å². The van der Waals surface area contributed by atoms with E-state index in [0.29, 0.717) is 17.2 Å². The SMILES string of the molecule is Fc1ccc(C2C=C(c3ccc(Cl)cc3OC(F)F)Nc3ncnn32)cc1. The Morgan fingerprint density at radius 2 is 1.93 bits per heavy atom. The van der Waals surface area contributed by atoms with Crippen molar-refractivity contribution in [2.75, 3.05) is 5.32 Å². The van der Waals surface area contributed by atoms with Gasteiger partial charge in [0.2, 0.25) is 5.95 Å². The number of allylic oxidation sites excluding steroid dienone is 1. The maximum Gasteiger partial charge on any atom is 0.387 e. The largest absolute Gasteiger partial charge is 0.434 e. The third kappa shape index (κ3) is 3.48. The molecule has 0 aliphatic carbocycles. The lowest BCUT2D eigenvalue weighted by molar-refractivity contribution is -0.0500. The Morgan fingerprint density at radius 1 is 1.15 bits per heavy atom. The minimum atomic E-state index is -3.00. The van der Waals surface area contributed by atoms with Gasteiger partial charge >= 0.3 is 6.61 Å². The van der Waals surface area contributed by atoms with Crippen molar-refractivity contribution in [2.24, 2.45) is 0 Å². The van der Waals surface area contributed by atoms with Gasteiger partial charge in [-0.05, 0) is 42.0 Å². The molecular weight excluding hydrogens is 381 g/mol. The van der Waals surface area contributed by atoms with E-state index in [4.69, 9.17) is 11.6 Å². The van der Waals surface area contributed by atoms with Crippen molar-refractivity contribution < 1.29 is 17.9 Å². The van der Waals surface area contributed by atoms with Crippen LogP contribution in [0.4, 0.5) is 19.1 Å². The van der Waals surface area contributed by atoms with Gasteiger partial charge in [0.25, 0.3) is 0 Å². The number of halogens is 4. The molecule has 2 heterocycles. The number of nitrogens with zero attached hydrogens (tertiary/aromatic N) is 3. The molecule has 0 saturated carbocycles. The summed E-state index contributed by atoms with van der Waals surface area (Å²) in [6.07, 6.45) is 3.14. The number of hydrogen-bond donors (Lipinski definition) is 1. The summed E-state index contributed by atoms with van der Waals surface area (Å²) in [5.41, 5.74) is 1.64. The number of alkyl halides is 2. The number of aromatic nitrogens is 3. The van der Waals surface area contributed by atoms with E-state index >= 15 is 0 Å². The maximum absolute atomic E-state index is 13.3. The number of rotatable bonds is 4. The first-order chi connectivity index (χ1) is 13.0. The number of benzene rings is 2. The molecule has 0 saturated heterocycles. The second-order valence-corrected chi connectivity index (χ2v) is 6.19. The minimum absolute atomic E-state index is 0.0675. The van der Waals surface area contributed by atoms with Gasteiger partial charge in [-0.25, -0.2) is 9.07 Å². The fourth-order valence-electron chi connectivity index (χ4n) is 2.90. The van der Waals surface area contributed by atoms with Gasteiger partial charge in [-0.1, -0.05) is 23.7 Å². The monoisotopic (exact) mass is 392 g/mol. The normalized spacial score (nSPS) is 15.9. The molecule has 1 aromatic heterocycles. The lowest BCUT2D eigenvalue weighted by Crippen LogP contribution is -2.20. The molecule has 0 amide bonds. The molecule has 0 spiro atoms. The number of nitrogens with one attached hydrogen (secondary N) is 1. The second kappa shape index (κ2) is 6.96. The summed E-state index contributed by atoms with van der Waals surface area (Å²) in [6.45, 7) is -3.00. The van der Waals surface area contributed by atoms with Gasteiger partial charge in [0.05, 0.1) is 5.70 Å². The van der Waals surface area contributed by atoms with E-state index in [2.05, 4.69) is 20.1 Å². The lowest BCUT2D eigenvalue weighted by atomic mass is 10.0. The van der Waals surface area contributed by atoms with Crippen LogP contribution in [0.2, 0.25) is 5.02 Å². The van der Waals surface area contributed by atoms with Gasteiger partial charge in [-0.15, -0.1) is 0 Å². The number of ether oxygens (including phenoxy) is 1. The Morgan fingerprint density at radius 3 is 2.67 bits per heavy atom. The summed E-state index contributed by atoms with van der Waals surface area (Å²) in [5.74, 6) is -0.0112. The average molecular weight is 393 g/mol. The van der Waals surface area contributed by atoms with Crippen LogP contribution in [0.5, 0.6) is 5.75 Å². The van der Waals surface area contributed by atoms with E-state index in [1.54, 1.807) is 35.0 Å². The summed E-state index contributed by atoms with van der Waals surface area (Å²) in [7, 11) is 0. The summed E-state index contributed by atoms with van der Waals surface area (Å²) in [4.78, 5) is 4.14. The fraction of sp³-hybridized carbons (Fsp3) is 0.111. The van der Waals surface area contributed by atoms with Crippen LogP contribution in [0.25, 0.3) is 5.70 Å². The first-order valence-corrected chi connectivity index (χ1v) is 8.27. The molecule has 5 nitrogen and oxygen atoms in total. The molecule has 3 aromatic rings. The van der Waals surface area contributed by atoms with E-state index < -0.39 is 12.7 Å². The topological polar surface area (TPSA) is 52.0 Å². The Bertz CT molecular complexity index is 1000. The van der Waals surface area contributed by atoms with E-state index in [-0.39, 0.29) is 16.6 Å². The van der Waals surface area contributed by atoms with Crippen LogP contribution in [-0.4, -0.2) is 21.4 Å². The zero-order valence-corrected chi connectivity index (χ0v) is 14.4. The van der Waals surface area contributed by atoms with Crippen LogP contribution >= 0.6 is 11.6 Å². The molecule has 0 bridgehead atoms. The van der Waals surface area contributed by atoms with Crippen molar-refractivity contribution in [2.45, 2.75) is 12.7 Å². The molecule has 1 aliphatic heterocycles. The smallest absolute Gasteiger partial charge is 0.387 e. The standard InChI is InChI=1S/C18H12ClF3N4O/c19-11-3-6-13(16(7-11)27-17(21)22)14-8-15(10-1-4-12(20)5-2-10)26-18(25-14)23-9-24-26/h1-9,15,17H,(H,23,24,25). The zero-order chi connectivity index (χ0) is 19.0. The van der Waals surface area contributed by atoms with Crippen LogP contribution in [-0.2, 0) is 0 Å². The van der Waals surface area contributed by atoms with E-state index in [9.17, 15) is 13.2 Å². The van der Waals surface area contributed by atoms with Crippen molar-refractivity contribution in [3.63, 3.8) is 0 Å². The highest BCUT2D eigenvalue weighted by Crippen LogP contribution is 2.36. The highest BCUT2D eigenvalue weighted by molar-refractivity contribution is 6.30. The van der Waals surface area contributed by atoms with Gasteiger partial charge in [0.1, 0.15) is 23.9 Å². The van der Waals surface area contributed by atoms with Gasteiger partial charge in [0, 0.05) is 10.6 Å². The summed E-state index contributed by atoms with van der Waals surface area (Å²) in [6, 6.07) is 10.0. The van der Waals surface area contributed by atoms with Gasteiger partial charge in [0.15, 0.2) is 0 Å². The highest BCUT2D eigenvalue weighted by atomic mass is 35.5. The maximum atomic E-state index is 13.3. The molecule has 1 N–H and O–H groups in total. The van der Waals surface area contributed by atoms with E-state index in [1.807, 2.05) is 0 Å². The van der Waals surface area contributed by atoms with Crippen molar-refractivity contribution in [3.05, 3.63) is 76.8 Å². The molecule has 4 rings (SSSR count).